The lowest BCUT2D eigenvalue weighted by Gasteiger charge is -2.39. The van der Waals surface area contributed by atoms with Crippen molar-refractivity contribution in [1.82, 2.24) is 10.2 Å². The van der Waals surface area contributed by atoms with Gasteiger partial charge in [-0.25, -0.2) is 0 Å². The molecule has 18 heavy (non-hydrogen) atoms. The zero-order chi connectivity index (χ0) is 13.5. The molecule has 1 rings (SSSR count). The van der Waals surface area contributed by atoms with Gasteiger partial charge in [-0.2, -0.15) is 0 Å². The molecule has 1 fully saturated rings. The molecule has 0 aromatic carbocycles. The molecule has 0 bridgehead atoms. The molecule has 1 saturated carbocycles. The molecule has 0 aromatic heterocycles. The molecule has 0 aromatic rings. The maximum Gasteiger partial charge on any atom is 0.0243 e. The Morgan fingerprint density at radius 1 is 1.11 bits per heavy atom. The average molecular weight is 254 g/mol. The van der Waals surface area contributed by atoms with Crippen molar-refractivity contribution in [1.29, 1.82) is 0 Å². The van der Waals surface area contributed by atoms with E-state index in [0.29, 0.717) is 6.04 Å². The van der Waals surface area contributed by atoms with Crippen LogP contribution in [0.25, 0.3) is 0 Å². The van der Waals surface area contributed by atoms with E-state index in [1.807, 2.05) is 0 Å². The molecular formula is C16H34N2. The Balaban J connectivity index is 2.40. The van der Waals surface area contributed by atoms with E-state index < -0.39 is 0 Å². The summed E-state index contributed by atoms with van der Waals surface area (Å²) >= 11 is 0. The fraction of sp³-hybridized carbons (Fsp3) is 1.00. The van der Waals surface area contributed by atoms with Crippen LogP contribution in [0, 0.1) is 17.8 Å². The summed E-state index contributed by atoms with van der Waals surface area (Å²) in [7, 11) is 0. The molecule has 0 radical (unpaired) electrons. The van der Waals surface area contributed by atoms with Gasteiger partial charge in [0.25, 0.3) is 0 Å². The largest absolute Gasteiger partial charge is 0.315 e. The number of nitrogens with one attached hydrogen (secondary N) is 1. The van der Waals surface area contributed by atoms with Crippen LogP contribution in [0.15, 0.2) is 0 Å². The van der Waals surface area contributed by atoms with Crippen LogP contribution < -0.4 is 5.32 Å². The van der Waals surface area contributed by atoms with Crippen LogP contribution in [0.3, 0.4) is 0 Å². The lowest BCUT2D eigenvalue weighted by molar-refractivity contribution is 0.109. The van der Waals surface area contributed by atoms with Crippen molar-refractivity contribution in [3.8, 4) is 0 Å². The third-order valence-electron chi connectivity index (χ3n) is 4.27. The third kappa shape index (κ3) is 5.27. The maximum absolute atomic E-state index is 3.65. The van der Waals surface area contributed by atoms with Crippen LogP contribution in [0.5, 0.6) is 0 Å². The first kappa shape index (κ1) is 16.0. The van der Waals surface area contributed by atoms with E-state index in [9.17, 15) is 0 Å². The van der Waals surface area contributed by atoms with Crippen molar-refractivity contribution < 1.29 is 0 Å². The molecule has 1 aliphatic rings. The molecule has 0 saturated heterocycles. The van der Waals surface area contributed by atoms with Crippen molar-refractivity contribution in [2.24, 2.45) is 17.8 Å². The molecule has 1 aliphatic carbocycles. The van der Waals surface area contributed by atoms with Gasteiger partial charge in [0.1, 0.15) is 0 Å². The van der Waals surface area contributed by atoms with Crippen LogP contribution >= 0.6 is 0 Å². The van der Waals surface area contributed by atoms with Crippen molar-refractivity contribution >= 4 is 0 Å². The topological polar surface area (TPSA) is 15.3 Å². The molecule has 1 atom stereocenters. The molecule has 108 valence electrons. The van der Waals surface area contributed by atoms with E-state index in [4.69, 9.17) is 0 Å². The van der Waals surface area contributed by atoms with Gasteiger partial charge in [-0.3, -0.25) is 4.90 Å². The van der Waals surface area contributed by atoms with Gasteiger partial charge < -0.3 is 5.32 Å². The number of hydrogen-bond donors (Lipinski definition) is 1. The second-order valence-electron chi connectivity index (χ2n) is 6.75. The SMILES string of the molecule is CCN(CC1CCC1)C(CNCC(C)C)C(C)C. The second kappa shape index (κ2) is 8.16. The summed E-state index contributed by atoms with van der Waals surface area (Å²) < 4.78 is 0. The number of rotatable bonds is 9. The molecule has 1 unspecified atom stereocenters. The minimum atomic E-state index is 0.703. The first-order valence-electron chi connectivity index (χ1n) is 7.99. The lowest BCUT2D eigenvalue weighted by atomic mass is 9.84. The Morgan fingerprint density at radius 2 is 1.78 bits per heavy atom. The Hall–Kier alpha value is -0.0800. The monoisotopic (exact) mass is 254 g/mol. The summed E-state index contributed by atoms with van der Waals surface area (Å²) in [6, 6.07) is 0.703. The first-order chi connectivity index (χ1) is 8.54. The van der Waals surface area contributed by atoms with Gasteiger partial charge >= 0.3 is 0 Å². The van der Waals surface area contributed by atoms with E-state index in [0.717, 1.165) is 30.8 Å². The highest BCUT2D eigenvalue weighted by Crippen LogP contribution is 2.28. The molecule has 0 amide bonds. The standard InChI is InChI=1S/C16H34N2/c1-6-18(12-15-8-7-9-15)16(14(4)5)11-17-10-13(2)3/h13-17H,6-12H2,1-5H3. The highest BCUT2D eigenvalue weighted by Gasteiger charge is 2.26. The summed E-state index contributed by atoms with van der Waals surface area (Å²) in [6.45, 7) is 16.4. The van der Waals surface area contributed by atoms with Crippen molar-refractivity contribution in [2.75, 3.05) is 26.2 Å². The van der Waals surface area contributed by atoms with E-state index in [1.54, 1.807) is 0 Å². The van der Waals surface area contributed by atoms with Gasteiger partial charge in [0, 0.05) is 19.1 Å². The summed E-state index contributed by atoms with van der Waals surface area (Å²) in [6.07, 6.45) is 4.38. The highest BCUT2D eigenvalue weighted by atomic mass is 15.2. The number of nitrogens with zero attached hydrogens (tertiary/aromatic N) is 1. The van der Waals surface area contributed by atoms with Crippen LogP contribution in [-0.2, 0) is 0 Å². The minimum absolute atomic E-state index is 0.703. The Labute approximate surface area is 115 Å². The summed E-state index contributed by atoms with van der Waals surface area (Å²) in [5.41, 5.74) is 0. The third-order valence-corrected chi connectivity index (χ3v) is 4.27. The minimum Gasteiger partial charge on any atom is -0.315 e. The van der Waals surface area contributed by atoms with Gasteiger partial charge in [0.15, 0.2) is 0 Å². The molecule has 1 N–H and O–H groups in total. The highest BCUT2D eigenvalue weighted by molar-refractivity contribution is 4.81. The summed E-state index contributed by atoms with van der Waals surface area (Å²) in [4.78, 5) is 2.71. The zero-order valence-corrected chi connectivity index (χ0v) is 13.2. The van der Waals surface area contributed by atoms with Crippen molar-refractivity contribution in [3.05, 3.63) is 0 Å². The number of hydrogen-bond acceptors (Lipinski definition) is 2. The molecule has 0 heterocycles. The Kier molecular flexibility index (Phi) is 7.25. The molecular weight excluding hydrogens is 220 g/mol. The molecule has 2 heteroatoms. The Morgan fingerprint density at radius 3 is 2.17 bits per heavy atom. The van der Waals surface area contributed by atoms with Gasteiger partial charge in [-0.05, 0) is 43.7 Å². The Bertz CT molecular complexity index is 209. The maximum atomic E-state index is 3.65. The van der Waals surface area contributed by atoms with E-state index in [-0.39, 0.29) is 0 Å². The fourth-order valence-electron chi connectivity index (χ4n) is 2.81. The first-order valence-corrected chi connectivity index (χ1v) is 7.99. The van der Waals surface area contributed by atoms with Gasteiger partial charge in [0.05, 0.1) is 0 Å². The average Bonchev–Trinajstić information content (AvgIpc) is 2.24. The second-order valence-corrected chi connectivity index (χ2v) is 6.75. The normalized spacial score (nSPS) is 18.7. The van der Waals surface area contributed by atoms with E-state index >= 15 is 0 Å². The fourth-order valence-corrected chi connectivity index (χ4v) is 2.81. The van der Waals surface area contributed by atoms with Crippen molar-refractivity contribution in [2.45, 2.75) is 59.9 Å². The predicted octanol–water partition coefficient (Wildman–Crippen LogP) is 3.38. The zero-order valence-electron chi connectivity index (χ0n) is 13.2. The van der Waals surface area contributed by atoms with Gasteiger partial charge in [-0.1, -0.05) is 41.0 Å². The van der Waals surface area contributed by atoms with Crippen LogP contribution in [-0.4, -0.2) is 37.1 Å². The van der Waals surface area contributed by atoms with Crippen LogP contribution in [0.1, 0.15) is 53.9 Å². The predicted molar refractivity (Wildman–Crippen MR) is 80.9 cm³/mol. The molecule has 0 spiro atoms. The van der Waals surface area contributed by atoms with Crippen molar-refractivity contribution in [3.63, 3.8) is 0 Å². The number of likely N-dealkylation sites (N-methyl/N-ethyl adjacent to an activating group) is 1. The quantitative estimate of drug-likeness (QED) is 0.678. The van der Waals surface area contributed by atoms with Crippen LogP contribution in [0.2, 0.25) is 0 Å². The molecule has 0 aliphatic heterocycles. The van der Waals surface area contributed by atoms with Gasteiger partial charge in [-0.15, -0.1) is 0 Å². The lowest BCUT2D eigenvalue weighted by Crippen LogP contribution is -2.48. The summed E-state index contributed by atoms with van der Waals surface area (Å²) in [5, 5.41) is 3.65. The van der Waals surface area contributed by atoms with E-state index in [2.05, 4.69) is 44.8 Å². The summed E-state index contributed by atoms with van der Waals surface area (Å²) in [5.74, 6) is 2.47. The smallest absolute Gasteiger partial charge is 0.0243 e. The van der Waals surface area contributed by atoms with E-state index in [1.165, 1.54) is 32.4 Å². The molecule has 2 nitrogen and oxygen atoms in total. The van der Waals surface area contributed by atoms with Crippen LogP contribution in [0.4, 0.5) is 0 Å². The van der Waals surface area contributed by atoms with Gasteiger partial charge in [0.2, 0.25) is 0 Å².